The van der Waals surface area contributed by atoms with E-state index < -0.39 is 4.92 Å². The molecule has 1 heterocycles. The lowest BCUT2D eigenvalue weighted by atomic mass is 10.1. The Labute approximate surface area is 162 Å². The van der Waals surface area contributed by atoms with Crippen LogP contribution in [0.2, 0.25) is 5.02 Å². The van der Waals surface area contributed by atoms with E-state index in [0.717, 1.165) is 11.8 Å². The van der Waals surface area contributed by atoms with Gasteiger partial charge in [-0.15, -0.1) is 5.10 Å². The number of nitrogens with zero attached hydrogens (tertiary/aromatic N) is 5. The maximum atomic E-state index is 12.2. The molecule has 0 bridgehead atoms. The lowest BCUT2D eigenvalue weighted by molar-refractivity contribution is -0.385. The standard InChI is InChI=1S/C16H13ClN6O3S/c1-10-13(3-2-4-14(10)23(25)26)18-15(24)9-27-16-19-20-21-22(16)12-7-5-11(17)6-8-12/h2-8H,9H2,1H3,(H,18,24). The number of benzene rings is 2. The number of amides is 1. The van der Waals surface area contributed by atoms with Crippen LogP contribution in [0, 0.1) is 17.0 Å². The smallest absolute Gasteiger partial charge is 0.274 e. The van der Waals surface area contributed by atoms with Crippen LogP contribution >= 0.6 is 23.4 Å². The fraction of sp³-hybridized carbons (Fsp3) is 0.125. The van der Waals surface area contributed by atoms with Crippen molar-refractivity contribution in [2.24, 2.45) is 0 Å². The molecule has 0 aliphatic heterocycles. The van der Waals surface area contributed by atoms with Crippen LogP contribution in [0.15, 0.2) is 47.6 Å². The van der Waals surface area contributed by atoms with E-state index in [1.807, 2.05) is 0 Å². The predicted molar refractivity (Wildman–Crippen MR) is 101 cm³/mol. The number of tetrazole rings is 1. The summed E-state index contributed by atoms with van der Waals surface area (Å²) in [6, 6.07) is 11.5. The first kappa shape index (κ1) is 18.8. The number of nitro groups is 1. The first-order valence-corrected chi connectivity index (χ1v) is 9.03. The van der Waals surface area contributed by atoms with Crippen molar-refractivity contribution in [3.63, 3.8) is 0 Å². The number of hydrogen-bond acceptors (Lipinski definition) is 7. The Morgan fingerprint density at radius 1 is 1.30 bits per heavy atom. The highest BCUT2D eigenvalue weighted by molar-refractivity contribution is 7.99. The number of halogens is 1. The van der Waals surface area contributed by atoms with Crippen LogP contribution in [-0.2, 0) is 4.79 Å². The molecular formula is C16H13ClN6O3S. The van der Waals surface area contributed by atoms with Crippen LogP contribution in [0.3, 0.4) is 0 Å². The number of nitrogens with one attached hydrogen (secondary N) is 1. The molecule has 0 fully saturated rings. The molecule has 3 aromatic rings. The molecular weight excluding hydrogens is 392 g/mol. The van der Waals surface area contributed by atoms with Crippen molar-refractivity contribution >= 4 is 40.6 Å². The van der Waals surface area contributed by atoms with Gasteiger partial charge < -0.3 is 5.32 Å². The molecule has 138 valence electrons. The maximum absolute atomic E-state index is 12.2. The van der Waals surface area contributed by atoms with Gasteiger partial charge in [0.25, 0.3) is 5.69 Å². The number of carbonyl (C=O) groups is 1. The average molecular weight is 405 g/mol. The molecule has 0 atom stereocenters. The zero-order valence-corrected chi connectivity index (χ0v) is 15.6. The first-order valence-electron chi connectivity index (χ1n) is 7.66. The Balaban J connectivity index is 1.67. The summed E-state index contributed by atoms with van der Waals surface area (Å²) in [5.74, 6) is -0.287. The summed E-state index contributed by atoms with van der Waals surface area (Å²) in [6.45, 7) is 1.59. The molecule has 1 amide bonds. The summed E-state index contributed by atoms with van der Waals surface area (Å²) >= 11 is 7.02. The zero-order chi connectivity index (χ0) is 19.4. The van der Waals surface area contributed by atoms with Crippen LogP contribution in [0.1, 0.15) is 5.56 Å². The number of thioether (sulfide) groups is 1. The van der Waals surface area contributed by atoms with Gasteiger partial charge in [-0.05, 0) is 47.7 Å². The lowest BCUT2D eigenvalue weighted by Gasteiger charge is -2.08. The second-order valence-electron chi connectivity index (χ2n) is 5.39. The third-order valence-electron chi connectivity index (χ3n) is 3.62. The van der Waals surface area contributed by atoms with Crippen molar-refractivity contribution in [3.05, 3.63) is 63.2 Å². The Bertz CT molecular complexity index is 992. The molecule has 0 spiro atoms. The van der Waals surface area contributed by atoms with Crippen molar-refractivity contribution in [2.45, 2.75) is 12.1 Å². The van der Waals surface area contributed by atoms with E-state index in [0.29, 0.717) is 27.1 Å². The normalized spacial score (nSPS) is 10.6. The van der Waals surface area contributed by atoms with Crippen molar-refractivity contribution in [3.8, 4) is 5.69 Å². The molecule has 0 saturated carbocycles. The van der Waals surface area contributed by atoms with Crippen LogP contribution in [-0.4, -0.2) is 36.8 Å². The second-order valence-corrected chi connectivity index (χ2v) is 6.77. The van der Waals surface area contributed by atoms with Gasteiger partial charge in [0.2, 0.25) is 11.1 Å². The van der Waals surface area contributed by atoms with Crippen molar-refractivity contribution in [2.75, 3.05) is 11.1 Å². The molecule has 3 rings (SSSR count). The summed E-state index contributed by atoms with van der Waals surface area (Å²) in [5.41, 5.74) is 1.45. The zero-order valence-electron chi connectivity index (χ0n) is 14.0. The largest absolute Gasteiger partial charge is 0.325 e. The van der Waals surface area contributed by atoms with Gasteiger partial charge in [0.05, 0.1) is 27.6 Å². The van der Waals surface area contributed by atoms with Gasteiger partial charge in [-0.1, -0.05) is 29.4 Å². The molecule has 1 aromatic heterocycles. The molecule has 1 N–H and O–H groups in total. The highest BCUT2D eigenvalue weighted by Gasteiger charge is 2.16. The molecule has 0 aliphatic rings. The van der Waals surface area contributed by atoms with E-state index in [4.69, 9.17) is 11.6 Å². The fourth-order valence-corrected chi connectivity index (χ4v) is 3.10. The summed E-state index contributed by atoms with van der Waals surface area (Å²) < 4.78 is 1.49. The minimum atomic E-state index is -0.486. The van der Waals surface area contributed by atoms with Crippen molar-refractivity contribution < 1.29 is 9.72 Å². The van der Waals surface area contributed by atoms with Crippen molar-refractivity contribution in [1.29, 1.82) is 0 Å². The highest BCUT2D eigenvalue weighted by Crippen LogP contribution is 2.25. The Kier molecular flexibility index (Phi) is 5.67. The summed E-state index contributed by atoms with van der Waals surface area (Å²) in [5, 5.41) is 26.1. The van der Waals surface area contributed by atoms with E-state index in [2.05, 4.69) is 20.8 Å². The number of hydrogen-bond donors (Lipinski definition) is 1. The molecule has 27 heavy (non-hydrogen) atoms. The van der Waals surface area contributed by atoms with Gasteiger partial charge in [0.1, 0.15) is 0 Å². The van der Waals surface area contributed by atoms with Crippen LogP contribution in [0.4, 0.5) is 11.4 Å². The van der Waals surface area contributed by atoms with Crippen LogP contribution in [0.5, 0.6) is 0 Å². The monoisotopic (exact) mass is 404 g/mol. The summed E-state index contributed by atoms with van der Waals surface area (Å²) in [4.78, 5) is 22.7. The Morgan fingerprint density at radius 3 is 2.74 bits per heavy atom. The van der Waals surface area contributed by atoms with E-state index in [9.17, 15) is 14.9 Å². The van der Waals surface area contributed by atoms with Gasteiger partial charge in [-0.25, -0.2) is 0 Å². The maximum Gasteiger partial charge on any atom is 0.274 e. The van der Waals surface area contributed by atoms with E-state index in [1.165, 1.54) is 16.8 Å². The van der Waals surface area contributed by atoms with Gasteiger partial charge in [0, 0.05) is 11.1 Å². The van der Waals surface area contributed by atoms with Gasteiger partial charge in [-0.3, -0.25) is 14.9 Å². The Morgan fingerprint density at radius 2 is 2.04 bits per heavy atom. The minimum Gasteiger partial charge on any atom is -0.325 e. The third-order valence-corrected chi connectivity index (χ3v) is 4.79. The highest BCUT2D eigenvalue weighted by atomic mass is 35.5. The molecule has 11 heteroatoms. The minimum absolute atomic E-state index is 0.0378. The number of carbonyl (C=O) groups excluding carboxylic acids is 1. The number of anilines is 1. The fourth-order valence-electron chi connectivity index (χ4n) is 2.29. The molecule has 0 radical (unpaired) electrons. The summed E-state index contributed by atoms with van der Waals surface area (Å²) in [6.07, 6.45) is 0. The van der Waals surface area contributed by atoms with Gasteiger partial charge >= 0.3 is 0 Å². The average Bonchev–Trinajstić information content (AvgIpc) is 3.11. The quantitative estimate of drug-likeness (QED) is 0.380. The van der Waals surface area contributed by atoms with Crippen LogP contribution in [0.25, 0.3) is 5.69 Å². The SMILES string of the molecule is Cc1c(NC(=O)CSc2nnnn2-c2ccc(Cl)cc2)cccc1[N+](=O)[O-]. The Hall–Kier alpha value is -2.98. The molecule has 0 aliphatic carbocycles. The second kappa shape index (κ2) is 8.14. The topological polar surface area (TPSA) is 116 Å². The molecule has 0 saturated heterocycles. The van der Waals surface area contributed by atoms with Gasteiger partial charge in [0.15, 0.2) is 0 Å². The van der Waals surface area contributed by atoms with Crippen LogP contribution < -0.4 is 5.32 Å². The number of nitro benzene ring substituents is 1. The molecule has 2 aromatic carbocycles. The van der Waals surface area contributed by atoms with E-state index >= 15 is 0 Å². The number of aromatic nitrogens is 4. The molecule has 0 unspecified atom stereocenters. The lowest BCUT2D eigenvalue weighted by Crippen LogP contribution is -2.15. The summed E-state index contributed by atoms with van der Waals surface area (Å²) in [7, 11) is 0. The first-order chi connectivity index (χ1) is 13.0. The third kappa shape index (κ3) is 4.41. The predicted octanol–water partition coefficient (Wildman–Crippen LogP) is 3.26. The van der Waals surface area contributed by atoms with E-state index in [1.54, 1.807) is 37.3 Å². The molecule has 9 nitrogen and oxygen atoms in total. The van der Waals surface area contributed by atoms with Crippen molar-refractivity contribution in [1.82, 2.24) is 20.2 Å². The van der Waals surface area contributed by atoms with E-state index in [-0.39, 0.29) is 17.3 Å². The number of rotatable bonds is 6. The van der Waals surface area contributed by atoms with Gasteiger partial charge in [-0.2, -0.15) is 4.68 Å².